The van der Waals surface area contributed by atoms with E-state index in [-0.39, 0.29) is 5.91 Å². The van der Waals surface area contributed by atoms with Crippen LogP contribution < -0.4 is 15.8 Å². The Morgan fingerprint density at radius 2 is 1.81 bits per heavy atom. The molecule has 4 aromatic heterocycles. The van der Waals surface area contributed by atoms with Crippen LogP contribution in [0.1, 0.15) is 53.9 Å². The van der Waals surface area contributed by atoms with Crippen molar-refractivity contribution in [3.8, 4) is 16.9 Å². The molecule has 5 heterocycles. The zero-order chi connectivity index (χ0) is 32.2. The van der Waals surface area contributed by atoms with Crippen LogP contribution in [0.3, 0.4) is 0 Å². The number of aromatic nitrogens is 7. The molecular weight excluding hydrogens is 592 g/mol. The van der Waals surface area contributed by atoms with E-state index >= 15 is 0 Å². The Kier molecular flexibility index (Phi) is 7.16. The van der Waals surface area contributed by atoms with Gasteiger partial charge in [-0.2, -0.15) is 0 Å². The summed E-state index contributed by atoms with van der Waals surface area (Å²) in [6.07, 6.45) is 8.00. The number of aryl methyl sites for hydroxylation is 2. The quantitative estimate of drug-likeness (QED) is 0.252. The van der Waals surface area contributed by atoms with Crippen molar-refractivity contribution in [2.75, 3.05) is 24.7 Å². The lowest BCUT2D eigenvalue weighted by molar-refractivity contribution is 0.101. The predicted molar refractivity (Wildman–Crippen MR) is 181 cm³/mol. The standard InChI is InChI=1S/C35H38N10O2/c1-21-40-41-31-19-43(14-15-44(21)31)24-9-11-25(12-10-24)45-18-26(32-33(36)37-20-38-34(32)45)22-8-13-27(30(17-22)47-3)39-35(46)29-16-23-6-4-5-7-28(23)42(29)2/h4-8,13,16-18,20,24-25H,9-12,14-15,19H2,1-3H3,(H,39,46)(H2,36,37,38)/t24-,25-. The Hall–Kier alpha value is -5.23. The minimum atomic E-state index is -0.207. The topological polar surface area (TPSA) is 134 Å². The number of carbonyl (C=O) groups excluding carboxylic acids is 1. The fourth-order valence-electron chi connectivity index (χ4n) is 7.60. The van der Waals surface area contributed by atoms with Gasteiger partial charge < -0.3 is 29.5 Å². The molecule has 12 nitrogen and oxygen atoms in total. The Balaban J connectivity index is 1.05. The number of para-hydroxylation sites is 1. The molecule has 1 fully saturated rings. The number of rotatable bonds is 6. The van der Waals surface area contributed by atoms with Gasteiger partial charge in [0.05, 0.1) is 24.7 Å². The van der Waals surface area contributed by atoms with Crippen molar-refractivity contribution in [1.29, 1.82) is 0 Å². The molecule has 240 valence electrons. The van der Waals surface area contributed by atoms with Crippen molar-refractivity contribution >= 4 is 39.3 Å². The van der Waals surface area contributed by atoms with Crippen LogP contribution in [0.5, 0.6) is 5.75 Å². The van der Waals surface area contributed by atoms with Crippen molar-refractivity contribution in [2.24, 2.45) is 7.05 Å². The lowest BCUT2D eigenvalue weighted by Crippen LogP contribution is -2.43. The SMILES string of the molecule is COc1cc(-c2cn([C@H]3CC[C@H](N4CCn5c(C)nnc5C4)CC3)c3ncnc(N)c23)ccc1NC(=O)c1cc2ccccc2n1C. The molecule has 0 atom stereocenters. The minimum absolute atomic E-state index is 0.207. The van der Waals surface area contributed by atoms with Gasteiger partial charge in [0.25, 0.3) is 5.91 Å². The number of fused-ring (bicyclic) bond motifs is 3. The first-order valence-electron chi connectivity index (χ1n) is 16.2. The van der Waals surface area contributed by atoms with Crippen molar-refractivity contribution in [3.05, 3.63) is 78.4 Å². The van der Waals surface area contributed by atoms with Crippen LogP contribution in [-0.2, 0) is 20.1 Å². The minimum Gasteiger partial charge on any atom is -0.495 e. The maximum atomic E-state index is 13.4. The highest BCUT2D eigenvalue weighted by Crippen LogP contribution is 2.41. The number of nitrogens with two attached hydrogens (primary N) is 1. The summed E-state index contributed by atoms with van der Waals surface area (Å²) in [6, 6.07) is 16.5. The molecule has 1 aliphatic carbocycles. The Morgan fingerprint density at radius 3 is 2.62 bits per heavy atom. The molecule has 0 spiro atoms. The smallest absolute Gasteiger partial charge is 0.272 e. The Bertz CT molecular complexity index is 2140. The van der Waals surface area contributed by atoms with Gasteiger partial charge in [-0.05, 0) is 62.4 Å². The number of ether oxygens (including phenoxy) is 1. The molecule has 3 N–H and O–H groups in total. The van der Waals surface area contributed by atoms with Gasteiger partial charge in [0.15, 0.2) is 0 Å². The summed E-state index contributed by atoms with van der Waals surface area (Å²) in [5.41, 5.74) is 11.3. The molecule has 1 saturated carbocycles. The molecule has 0 bridgehead atoms. The summed E-state index contributed by atoms with van der Waals surface area (Å²) in [4.78, 5) is 25.0. The third-order valence-electron chi connectivity index (χ3n) is 10.1. The van der Waals surface area contributed by atoms with E-state index in [0.29, 0.717) is 35.0 Å². The first-order chi connectivity index (χ1) is 22.9. The van der Waals surface area contributed by atoms with E-state index in [2.05, 4.69) is 40.7 Å². The summed E-state index contributed by atoms with van der Waals surface area (Å²) < 4.78 is 12.2. The summed E-state index contributed by atoms with van der Waals surface area (Å²) in [5, 5.41) is 13.6. The van der Waals surface area contributed by atoms with Crippen molar-refractivity contribution in [2.45, 2.75) is 57.8 Å². The number of nitrogens with zero attached hydrogens (tertiary/aromatic N) is 8. The molecule has 8 rings (SSSR count). The van der Waals surface area contributed by atoms with Crippen molar-refractivity contribution in [1.82, 2.24) is 38.8 Å². The fourth-order valence-corrected chi connectivity index (χ4v) is 7.60. The second-order valence-corrected chi connectivity index (χ2v) is 12.7. The van der Waals surface area contributed by atoms with E-state index < -0.39 is 0 Å². The van der Waals surface area contributed by atoms with Gasteiger partial charge in [0.2, 0.25) is 0 Å². The van der Waals surface area contributed by atoms with E-state index in [1.54, 1.807) is 13.4 Å². The molecule has 12 heteroatoms. The zero-order valence-electron chi connectivity index (χ0n) is 26.8. The van der Waals surface area contributed by atoms with Gasteiger partial charge in [-0.3, -0.25) is 9.69 Å². The molecule has 2 aromatic carbocycles. The number of benzene rings is 2. The molecule has 1 amide bonds. The van der Waals surface area contributed by atoms with E-state index in [1.807, 2.05) is 67.1 Å². The van der Waals surface area contributed by atoms with Crippen LogP contribution in [0.4, 0.5) is 11.5 Å². The molecule has 0 unspecified atom stereocenters. The molecule has 0 radical (unpaired) electrons. The van der Waals surface area contributed by atoms with Gasteiger partial charge in [0.1, 0.15) is 40.9 Å². The Labute approximate surface area is 272 Å². The normalized spacial score (nSPS) is 18.4. The van der Waals surface area contributed by atoms with Crippen LogP contribution in [0.2, 0.25) is 0 Å². The molecular formula is C35H38N10O2. The second-order valence-electron chi connectivity index (χ2n) is 12.7. The second kappa shape index (κ2) is 11.5. The maximum absolute atomic E-state index is 13.4. The maximum Gasteiger partial charge on any atom is 0.272 e. The van der Waals surface area contributed by atoms with Gasteiger partial charge in [0, 0.05) is 54.9 Å². The molecule has 2 aliphatic rings. The summed E-state index contributed by atoms with van der Waals surface area (Å²) in [7, 11) is 3.51. The highest BCUT2D eigenvalue weighted by molar-refractivity contribution is 6.07. The average molecular weight is 631 g/mol. The predicted octanol–water partition coefficient (Wildman–Crippen LogP) is 5.33. The van der Waals surface area contributed by atoms with E-state index in [4.69, 9.17) is 15.5 Å². The van der Waals surface area contributed by atoms with Crippen LogP contribution in [0.15, 0.2) is 61.1 Å². The van der Waals surface area contributed by atoms with E-state index in [1.165, 1.54) is 0 Å². The number of methoxy groups -OCH3 is 1. The van der Waals surface area contributed by atoms with Crippen LogP contribution in [0.25, 0.3) is 33.1 Å². The number of amides is 1. The number of nitrogen functional groups attached to an aromatic ring is 1. The molecule has 6 aromatic rings. The third kappa shape index (κ3) is 4.99. The van der Waals surface area contributed by atoms with Gasteiger partial charge >= 0.3 is 0 Å². The highest BCUT2D eigenvalue weighted by Gasteiger charge is 2.31. The summed E-state index contributed by atoms with van der Waals surface area (Å²) in [5.74, 6) is 2.86. The molecule has 47 heavy (non-hydrogen) atoms. The van der Waals surface area contributed by atoms with Gasteiger partial charge in [-0.15, -0.1) is 10.2 Å². The number of anilines is 2. The van der Waals surface area contributed by atoms with Gasteiger partial charge in [-0.1, -0.05) is 24.3 Å². The van der Waals surface area contributed by atoms with Crippen molar-refractivity contribution < 1.29 is 9.53 Å². The summed E-state index contributed by atoms with van der Waals surface area (Å²) >= 11 is 0. The zero-order valence-corrected chi connectivity index (χ0v) is 26.8. The van der Waals surface area contributed by atoms with Crippen LogP contribution >= 0.6 is 0 Å². The largest absolute Gasteiger partial charge is 0.495 e. The van der Waals surface area contributed by atoms with Crippen LogP contribution in [-0.4, -0.2) is 64.4 Å². The first-order valence-corrected chi connectivity index (χ1v) is 16.2. The third-order valence-corrected chi connectivity index (χ3v) is 10.1. The number of hydrogen-bond donors (Lipinski definition) is 2. The average Bonchev–Trinajstić information content (AvgIpc) is 3.78. The Morgan fingerprint density at radius 1 is 1.00 bits per heavy atom. The highest BCUT2D eigenvalue weighted by atomic mass is 16.5. The van der Waals surface area contributed by atoms with E-state index in [9.17, 15) is 4.79 Å². The van der Waals surface area contributed by atoms with E-state index in [0.717, 1.165) is 90.0 Å². The molecule has 0 saturated heterocycles. The summed E-state index contributed by atoms with van der Waals surface area (Å²) in [6.45, 7) is 4.86. The first kappa shape index (κ1) is 29.2. The fraction of sp³-hybridized carbons (Fsp3) is 0.343. The number of hydrogen-bond acceptors (Lipinski definition) is 8. The number of carbonyl (C=O) groups is 1. The monoisotopic (exact) mass is 630 g/mol. The molecule has 1 aliphatic heterocycles. The number of nitrogens with one attached hydrogen (secondary N) is 1. The van der Waals surface area contributed by atoms with Gasteiger partial charge in [-0.25, -0.2) is 9.97 Å². The van der Waals surface area contributed by atoms with Crippen molar-refractivity contribution in [3.63, 3.8) is 0 Å². The lowest BCUT2D eigenvalue weighted by Gasteiger charge is -2.39. The van der Waals surface area contributed by atoms with Crippen LogP contribution in [0, 0.1) is 6.92 Å². The lowest BCUT2D eigenvalue weighted by atomic mass is 9.89.